The van der Waals surface area contributed by atoms with Crippen LogP contribution in [0, 0.1) is 4.91 Å². The molecule has 0 spiro atoms. The van der Waals surface area contributed by atoms with E-state index in [4.69, 9.17) is 10.6 Å². The number of hydrazine groups is 2. The van der Waals surface area contributed by atoms with E-state index in [1.807, 2.05) is 18.2 Å². The van der Waals surface area contributed by atoms with Crippen molar-refractivity contribution >= 4 is 51.9 Å². The Labute approximate surface area is 297 Å². The predicted molar refractivity (Wildman–Crippen MR) is 195 cm³/mol. The molecule has 49 heavy (non-hydrogen) atoms. The average Bonchev–Trinajstić information content (AvgIpc) is 3.09. The number of aromatic nitrogens is 2. The van der Waals surface area contributed by atoms with Crippen molar-refractivity contribution in [2.24, 2.45) is 18.1 Å². The lowest BCUT2D eigenvalue weighted by Gasteiger charge is -2.37. The highest BCUT2D eigenvalue weighted by molar-refractivity contribution is 14.1. The third kappa shape index (κ3) is 6.73. The molecule has 13 nitrogen and oxygen atoms in total. The Hall–Kier alpha value is -4.51. The van der Waals surface area contributed by atoms with Gasteiger partial charge in [-0.2, -0.15) is 4.91 Å². The minimum absolute atomic E-state index is 0.0716. The number of hydrogen-bond acceptors (Lipinski definition) is 10. The first-order valence-electron chi connectivity index (χ1n) is 15.8. The second-order valence-electron chi connectivity index (χ2n) is 13.0. The van der Waals surface area contributed by atoms with Crippen LogP contribution < -0.4 is 21.4 Å². The standard InChI is InChI=1S/C35H37IN8O5/c1-35(2,3)25-9-10-27-23(16-25)21-42(36)44(33(27)46)29-7-5-6-26(28(29)19-39-48)24-17-30(34(47)40(4)20-24)43(37)31-11-8-22(18-38-31)32(45)41-12-14-49-15-13-41/h5-11,16-18,20H,12-15,19,21,37H2,1-4H3. The first kappa shape index (κ1) is 34.4. The second kappa shape index (κ2) is 13.8. The van der Waals surface area contributed by atoms with E-state index in [9.17, 15) is 19.3 Å². The lowest BCUT2D eigenvalue weighted by Crippen LogP contribution is -2.45. The van der Waals surface area contributed by atoms with E-state index in [0.29, 0.717) is 66.4 Å². The molecular formula is C35H37IN8O5. The highest BCUT2D eigenvalue weighted by Crippen LogP contribution is 2.38. The van der Waals surface area contributed by atoms with Crippen LogP contribution >= 0.6 is 22.9 Å². The van der Waals surface area contributed by atoms with Crippen LogP contribution in [0.2, 0.25) is 0 Å². The SMILES string of the molecule is Cn1cc(-c2cccc(N3C(=O)c4ccc(C(C)(C)C)cc4CN3I)c2CN=O)cc(N(N)c2ccc(C(=O)N3CCOCC3)cn2)c1=O. The van der Waals surface area contributed by atoms with Gasteiger partial charge >= 0.3 is 0 Å². The zero-order valence-electron chi connectivity index (χ0n) is 27.7. The molecule has 0 radical (unpaired) electrons. The number of nitrogens with zero attached hydrogens (tertiary/aromatic N) is 7. The zero-order chi connectivity index (χ0) is 35.0. The molecule has 2 aliphatic heterocycles. The number of rotatable bonds is 7. The minimum Gasteiger partial charge on any atom is -0.378 e. The topological polar surface area (TPSA) is 147 Å². The predicted octanol–water partition coefficient (Wildman–Crippen LogP) is 5.22. The fraction of sp³-hybridized carbons (Fsp3) is 0.314. The van der Waals surface area contributed by atoms with Gasteiger partial charge in [-0.3, -0.25) is 19.4 Å². The Morgan fingerprint density at radius 2 is 1.82 bits per heavy atom. The maximum atomic E-state index is 14.0. The molecule has 1 saturated heterocycles. The third-order valence-corrected chi connectivity index (χ3v) is 9.56. The lowest BCUT2D eigenvalue weighted by atomic mass is 9.85. The monoisotopic (exact) mass is 776 g/mol. The summed E-state index contributed by atoms with van der Waals surface area (Å²) in [7, 11) is 1.60. The number of nitrogens with two attached hydrogens (primary N) is 1. The molecule has 0 atom stereocenters. The first-order chi connectivity index (χ1) is 23.4. The number of halogens is 1. The zero-order valence-corrected chi connectivity index (χ0v) is 29.9. The van der Waals surface area contributed by atoms with Crippen molar-refractivity contribution in [1.29, 1.82) is 0 Å². The van der Waals surface area contributed by atoms with Crippen molar-refractivity contribution in [3.05, 3.63) is 110 Å². The molecule has 2 aromatic carbocycles. The Bertz CT molecular complexity index is 1990. The van der Waals surface area contributed by atoms with Gasteiger partial charge in [0.2, 0.25) is 0 Å². The number of nitroso groups, excluding NO2 is 1. The quantitative estimate of drug-likeness (QED) is 0.0878. The molecule has 0 aliphatic carbocycles. The van der Waals surface area contributed by atoms with Crippen LogP contribution in [0.3, 0.4) is 0 Å². The van der Waals surface area contributed by atoms with E-state index < -0.39 is 0 Å². The average molecular weight is 777 g/mol. The molecule has 254 valence electrons. The van der Waals surface area contributed by atoms with Crippen LogP contribution in [0.5, 0.6) is 0 Å². The molecule has 14 heteroatoms. The molecule has 2 N–H and O–H groups in total. The van der Waals surface area contributed by atoms with Crippen molar-refractivity contribution in [2.75, 3.05) is 36.3 Å². The molecule has 1 fully saturated rings. The van der Waals surface area contributed by atoms with E-state index >= 15 is 0 Å². The molecule has 0 saturated carbocycles. The Morgan fingerprint density at radius 1 is 1.06 bits per heavy atom. The number of aryl methyl sites for hydroxylation is 1. The molecule has 2 amide bonds. The lowest BCUT2D eigenvalue weighted by molar-refractivity contribution is 0.0302. The van der Waals surface area contributed by atoms with Gasteiger partial charge in [-0.05, 0) is 52.4 Å². The molecule has 2 aromatic heterocycles. The molecule has 4 heterocycles. The normalized spacial score (nSPS) is 15.3. The molecule has 4 aromatic rings. The van der Waals surface area contributed by atoms with Crippen molar-refractivity contribution in [3.8, 4) is 11.1 Å². The Kier molecular flexibility index (Phi) is 9.66. The van der Waals surface area contributed by atoms with Gasteiger partial charge in [-0.25, -0.2) is 15.8 Å². The maximum absolute atomic E-state index is 14.0. The van der Waals surface area contributed by atoms with Gasteiger partial charge in [0.05, 0.1) is 31.0 Å². The van der Waals surface area contributed by atoms with Gasteiger partial charge in [-0.15, -0.1) is 3.22 Å². The number of amides is 2. The van der Waals surface area contributed by atoms with Crippen molar-refractivity contribution < 1.29 is 14.3 Å². The van der Waals surface area contributed by atoms with Crippen LogP contribution in [0.1, 0.15) is 58.2 Å². The summed E-state index contributed by atoms with van der Waals surface area (Å²) in [6.07, 6.45) is 3.08. The maximum Gasteiger partial charge on any atom is 0.275 e. The van der Waals surface area contributed by atoms with Crippen LogP contribution in [0.15, 0.2) is 77.0 Å². The third-order valence-electron chi connectivity index (χ3n) is 8.79. The van der Waals surface area contributed by atoms with E-state index in [1.54, 1.807) is 56.7 Å². The van der Waals surface area contributed by atoms with E-state index in [0.717, 1.165) is 11.1 Å². The summed E-state index contributed by atoms with van der Waals surface area (Å²) >= 11 is 2.11. The fourth-order valence-electron chi connectivity index (χ4n) is 6.07. The number of hydrogen-bond donors (Lipinski definition) is 1. The summed E-state index contributed by atoms with van der Waals surface area (Å²) < 4.78 is 8.53. The number of benzene rings is 2. The Morgan fingerprint density at radius 3 is 2.49 bits per heavy atom. The molecule has 6 rings (SSSR count). The summed E-state index contributed by atoms with van der Waals surface area (Å²) in [4.78, 5) is 58.2. The summed E-state index contributed by atoms with van der Waals surface area (Å²) in [5, 5.41) is 5.95. The smallest absolute Gasteiger partial charge is 0.275 e. The van der Waals surface area contributed by atoms with Crippen molar-refractivity contribution in [3.63, 3.8) is 0 Å². The number of fused-ring (bicyclic) bond motifs is 1. The highest BCUT2D eigenvalue weighted by Gasteiger charge is 2.34. The summed E-state index contributed by atoms with van der Waals surface area (Å²) in [6, 6.07) is 16.1. The van der Waals surface area contributed by atoms with Gasteiger partial charge in [0.25, 0.3) is 17.4 Å². The van der Waals surface area contributed by atoms with Gasteiger partial charge in [0.1, 0.15) is 18.1 Å². The number of ether oxygens (including phenoxy) is 1. The van der Waals surface area contributed by atoms with Crippen molar-refractivity contribution in [2.45, 2.75) is 39.3 Å². The van der Waals surface area contributed by atoms with Crippen LogP contribution in [-0.2, 0) is 30.3 Å². The summed E-state index contributed by atoms with van der Waals surface area (Å²) in [5.74, 6) is 6.35. The van der Waals surface area contributed by atoms with E-state index in [2.05, 4.69) is 59.9 Å². The van der Waals surface area contributed by atoms with E-state index in [1.165, 1.54) is 15.8 Å². The number of morpholine rings is 1. The summed E-state index contributed by atoms with van der Waals surface area (Å²) in [6.45, 7) is 8.62. The first-order valence-corrected chi connectivity index (χ1v) is 16.8. The van der Waals surface area contributed by atoms with E-state index in [-0.39, 0.29) is 40.8 Å². The highest BCUT2D eigenvalue weighted by atomic mass is 127. The van der Waals surface area contributed by atoms with Gasteiger partial charge in [0.15, 0.2) is 0 Å². The van der Waals surface area contributed by atoms with Gasteiger partial charge in [0, 0.05) is 72.1 Å². The van der Waals surface area contributed by atoms with Gasteiger partial charge in [-0.1, -0.05) is 50.2 Å². The van der Waals surface area contributed by atoms with Gasteiger partial charge < -0.3 is 14.2 Å². The Balaban J connectivity index is 1.35. The molecule has 0 bridgehead atoms. The number of carbonyl (C=O) groups is 2. The molecular weight excluding hydrogens is 739 g/mol. The second-order valence-corrected chi connectivity index (χ2v) is 14.1. The fourth-order valence-corrected chi connectivity index (χ4v) is 6.86. The van der Waals surface area contributed by atoms with Crippen LogP contribution in [0.25, 0.3) is 11.1 Å². The summed E-state index contributed by atoms with van der Waals surface area (Å²) in [5.41, 5.74) is 4.90. The number of carbonyl (C=O) groups excluding carboxylic acids is 2. The molecule has 0 unspecified atom stereocenters. The largest absolute Gasteiger partial charge is 0.378 e. The molecule has 2 aliphatic rings. The number of pyridine rings is 2. The van der Waals surface area contributed by atoms with Crippen LogP contribution in [0.4, 0.5) is 17.2 Å². The van der Waals surface area contributed by atoms with Crippen molar-refractivity contribution in [1.82, 2.24) is 17.7 Å². The van der Waals surface area contributed by atoms with Crippen LogP contribution in [-0.4, -0.2) is 55.8 Å². The number of anilines is 3. The minimum atomic E-state index is -0.386.